The maximum Gasteiger partial charge on any atom is 0.307 e. The van der Waals surface area contributed by atoms with E-state index in [0.717, 1.165) is 38.9 Å². The van der Waals surface area contributed by atoms with Crippen LogP contribution in [-0.4, -0.2) is 50.7 Å². The quantitative estimate of drug-likeness (QED) is 0.274. The Kier molecular flexibility index (Phi) is 13.5. The summed E-state index contributed by atoms with van der Waals surface area (Å²) in [5, 5.41) is 9.35. The Morgan fingerprint density at radius 2 is 1.70 bits per heavy atom. The van der Waals surface area contributed by atoms with Crippen LogP contribution in [0.5, 0.6) is 0 Å². The standard InChI is InChI=1S/C25H46O5/c1-18(2)21(10-7-8-11-22(19(3)4)25(26)27)16-20-12-13-23(29-6)24(17-20)30-15-9-14-28-5/h7-8,18-24H,9-17H2,1-6H3,(H,26,27). The fourth-order valence-corrected chi connectivity index (χ4v) is 4.52. The Bertz CT molecular complexity index is 488. The van der Waals surface area contributed by atoms with Gasteiger partial charge >= 0.3 is 5.97 Å². The SMILES string of the molecule is COCCCOC1CC(CC(CC=CCC(C(=O)O)C(C)C)C(C)C)CCC1OC. The smallest absolute Gasteiger partial charge is 0.307 e. The van der Waals surface area contributed by atoms with E-state index in [1.807, 2.05) is 13.8 Å². The number of carboxylic acid groups (broad SMARTS) is 1. The van der Waals surface area contributed by atoms with Crippen LogP contribution in [0.2, 0.25) is 0 Å². The summed E-state index contributed by atoms with van der Waals surface area (Å²) in [4.78, 5) is 11.4. The molecule has 5 nitrogen and oxygen atoms in total. The molecule has 0 aromatic heterocycles. The Morgan fingerprint density at radius 3 is 2.27 bits per heavy atom. The van der Waals surface area contributed by atoms with Gasteiger partial charge in [-0.05, 0) is 68.6 Å². The van der Waals surface area contributed by atoms with Crippen LogP contribution in [0.4, 0.5) is 0 Å². The van der Waals surface area contributed by atoms with Gasteiger partial charge in [-0.2, -0.15) is 0 Å². The third kappa shape index (κ3) is 9.93. The van der Waals surface area contributed by atoms with Crippen molar-refractivity contribution in [2.45, 2.75) is 84.8 Å². The molecule has 1 saturated carbocycles. The molecule has 0 aromatic rings. The summed E-state index contributed by atoms with van der Waals surface area (Å²) >= 11 is 0. The lowest BCUT2D eigenvalue weighted by atomic mass is 9.76. The molecule has 0 saturated heterocycles. The lowest BCUT2D eigenvalue weighted by Crippen LogP contribution is -2.38. The van der Waals surface area contributed by atoms with E-state index in [-0.39, 0.29) is 24.0 Å². The number of carboxylic acids is 1. The number of methoxy groups -OCH3 is 2. The number of ether oxygens (including phenoxy) is 3. The molecule has 0 aliphatic heterocycles. The fraction of sp³-hybridized carbons (Fsp3) is 0.880. The van der Waals surface area contributed by atoms with Gasteiger partial charge in [-0.3, -0.25) is 4.79 Å². The van der Waals surface area contributed by atoms with E-state index in [2.05, 4.69) is 26.0 Å². The molecule has 5 atom stereocenters. The van der Waals surface area contributed by atoms with Crippen molar-refractivity contribution in [3.05, 3.63) is 12.2 Å². The molecule has 1 rings (SSSR count). The Morgan fingerprint density at radius 1 is 1.00 bits per heavy atom. The largest absolute Gasteiger partial charge is 0.481 e. The van der Waals surface area contributed by atoms with E-state index >= 15 is 0 Å². The van der Waals surface area contributed by atoms with Gasteiger partial charge in [0.05, 0.1) is 18.1 Å². The molecule has 176 valence electrons. The molecule has 5 heteroatoms. The summed E-state index contributed by atoms with van der Waals surface area (Å²) in [5.41, 5.74) is 0. The van der Waals surface area contributed by atoms with E-state index in [0.29, 0.717) is 24.2 Å². The molecule has 1 N–H and O–H groups in total. The highest BCUT2D eigenvalue weighted by molar-refractivity contribution is 5.70. The first-order valence-corrected chi connectivity index (χ1v) is 11.8. The Labute approximate surface area is 184 Å². The average molecular weight is 427 g/mol. The summed E-state index contributed by atoms with van der Waals surface area (Å²) in [5.74, 6) is 1.05. The predicted molar refractivity (Wildman–Crippen MR) is 122 cm³/mol. The van der Waals surface area contributed by atoms with Crippen LogP contribution in [0.3, 0.4) is 0 Å². The lowest BCUT2D eigenvalue weighted by Gasteiger charge is -2.37. The van der Waals surface area contributed by atoms with Crippen molar-refractivity contribution in [2.24, 2.45) is 29.6 Å². The molecule has 0 amide bonds. The molecule has 5 unspecified atom stereocenters. The summed E-state index contributed by atoms with van der Waals surface area (Å²) in [6.07, 6.45) is 11.7. The van der Waals surface area contributed by atoms with Crippen LogP contribution in [0, 0.1) is 29.6 Å². The average Bonchev–Trinajstić information content (AvgIpc) is 2.69. The van der Waals surface area contributed by atoms with Gasteiger partial charge in [0.1, 0.15) is 0 Å². The van der Waals surface area contributed by atoms with E-state index in [4.69, 9.17) is 14.2 Å². The molecular weight excluding hydrogens is 380 g/mol. The first kappa shape index (κ1) is 27.1. The normalized spacial score (nSPS) is 24.6. The van der Waals surface area contributed by atoms with Crippen molar-refractivity contribution in [1.29, 1.82) is 0 Å². The maximum absolute atomic E-state index is 11.4. The van der Waals surface area contributed by atoms with Crippen LogP contribution >= 0.6 is 0 Å². The minimum Gasteiger partial charge on any atom is -0.481 e. The molecule has 30 heavy (non-hydrogen) atoms. The highest BCUT2D eigenvalue weighted by Gasteiger charge is 2.32. The number of allylic oxidation sites excluding steroid dienone is 2. The first-order valence-electron chi connectivity index (χ1n) is 11.8. The summed E-state index contributed by atoms with van der Waals surface area (Å²) in [6.45, 7) is 10.0. The van der Waals surface area contributed by atoms with Crippen molar-refractivity contribution in [3.63, 3.8) is 0 Å². The van der Waals surface area contributed by atoms with Crippen LogP contribution in [0.15, 0.2) is 12.2 Å². The topological polar surface area (TPSA) is 65.0 Å². The van der Waals surface area contributed by atoms with Crippen molar-refractivity contribution in [1.82, 2.24) is 0 Å². The molecule has 1 fully saturated rings. The zero-order valence-electron chi connectivity index (χ0n) is 20.1. The Hall–Kier alpha value is -0.910. The predicted octanol–water partition coefficient (Wildman–Crippen LogP) is 5.58. The van der Waals surface area contributed by atoms with Gasteiger partial charge in [0.2, 0.25) is 0 Å². The fourth-order valence-electron chi connectivity index (χ4n) is 4.52. The van der Waals surface area contributed by atoms with Crippen LogP contribution in [-0.2, 0) is 19.0 Å². The van der Waals surface area contributed by atoms with E-state index in [1.165, 1.54) is 12.8 Å². The number of carbonyl (C=O) groups is 1. The van der Waals surface area contributed by atoms with Crippen molar-refractivity contribution in [2.75, 3.05) is 27.4 Å². The van der Waals surface area contributed by atoms with Crippen LogP contribution in [0.1, 0.15) is 72.6 Å². The van der Waals surface area contributed by atoms with E-state index in [9.17, 15) is 9.90 Å². The second-order valence-corrected chi connectivity index (χ2v) is 9.58. The zero-order chi connectivity index (χ0) is 22.5. The van der Waals surface area contributed by atoms with Crippen molar-refractivity contribution < 1.29 is 24.1 Å². The number of hydrogen-bond donors (Lipinski definition) is 1. The second kappa shape index (κ2) is 15.0. The van der Waals surface area contributed by atoms with Crippen LogP contribution in [0.25, 0.3) is 0 Å². The third-order valence-corrected chi connectivity index (χ3v) is 6.66. The van der Waals surface area contributed by atoms with E-state index in [1.54, 1.807) is 14.2 Å². The number of hydrogen-bond acceptors (Lipinski definition) is 4. The molecule has 0 heterocycles. The number of rotatable bonds is 15. The monoisotopic (exact) mass is 426 g/mol. The summed E-state index contributed by atoms with van der Waals surface area (Å²) in [6, 6.07) is 0. The summed E-state index contributed by atoms with van der Waals surface area (Å²) in [7, 11) is 3.51. The highest BCUT2D eigenvalue weighted by atomic mass is 16.5. The molecule has 0 bridgehead atoms. The Balaban J connectivity index is 2.56. The van der Waals surface area contributed by atoms with Gasteiger partial charge < -0.3 is 19.3 Å². The second-order valence-electron chi connectivity index (χ2n) is 9.58. The lowest BCUT2D eigenvalue weighted by molar-refractivity contribution is -0.143. The van der Waals surface area contributed by atoms with Crippen molar-refractivity contribution in [3.8, 4) is 0 Å². The van der Waals surface area contributed by atoms with E-state index < -0.39 is 5.97 Å². The molecule has 0 spiro atoms. The molecule has 0 aromatic carbocycles. The molecule has 1 aliphatic rings. The highest BCUT2D eigenvalue weighted by Crippen LogP contribution is 2.35. The van der Waals surface area contributed by atoms with Gasteiger partial charge in [0, 0.05) is 27.4 Å². The van der Waals surface area contributed by atoms with Gasteiger partial charge in [-0.1, -0.05) is 39.8 Å². The van der Waals surface area contributed by atoms with Gasteiger partial charge in [0.15, 0.2) is 0 Å². The minimum atomic E-state index is -0.693. The van der Waals surface area contributed by atoms with Gasteiger partial charge in [-0.15, -0.1) is 0 Å². The summed E-state index contributed by atoms with van der Waals surface area (Å²) < 4.78 is 17.0. The molecule has 1 aliphatic carbocycles. The molecular formula is C25H46O5. The van der Waals surface area contributed by atoms with Gasteiger partial charge in [-0.25, -0.2) is 0 Å². The maximum atomic E-state index is 11.4. The molecule has 0 radical (unpaired) electrons. The third-order valence-electron chi connectivity index (χ3n) is 6.66. The first-order chi connectivity index (χ1) is 14.3. The number of aliphatic carboxylic acids is 1. The minimum absolute atomic E-state index is 0.157. The van der Waals surface area contributed by atoms with Gasteiger partial charge in [0.25, 0.3) is 0 Å². The van der Waals surface area contributed by atoms with Crippen LogP contribution < -0.4 is 0 Å². The van der Waals surface area contributed by atoms with Crippen molar-refractivity contribution >= 4 is 5.97 Å². The zero-order valence-corrected chi connectivity index (χ0v) is 20.1.